The van der Waals surface area contributed by atoms with Gasteiger partial charge in [-0.15, -0.1) is 10.2 Å². The minimum atomic E-state index is -0.835. The van der Waals surface area contributed by atoms with Gasteiger partial charge in [0.05, 0.1) is 6.10 Å². The van der Waals surface area contributed by atoms with Crippen molar-refractivity contribution in [2.24, 2.45) is 0 Å². The lowest BCUT2D eigenvalue weighted by Crippen LogP contribution is -2.28. The summed E-state index contributed by atoms with van der Waals surface area (Å²) >= 11 is 1.20. The number of carbonyl (C=O) groups is 1. The zero-order chi connectivity index (χ0) is 13.8. The molecular formula is C12H13N3O3S. The first kappa shape index (κ1) is 13.4. The summed E-state index contributed by atoms with van der Waals surface area (Å²) in [7, 11) is 0. The third-order valence-electron chi connectivity index (χ3n) is 2.45. The van der Waals surface area contributed by atoms with Crippen molar-refractivity contribution >= 4 is 17.2 Å². The predicted octanol–water partition coefficient (Wildman–Crippen LogP) is 1.02. The van der Waals surface area contributed by atoms with Crippen LogP contribution in [0.1, 0.15) is 26.5 Å². The highest BCUT2D eigenvalue weighted by Crippen LogP contribution is 2.16. The highest BCUT2D eigenvalue weighted by molar-refractivity contribution is 7.13. The Morgan fingerprint density at radius 2 is 2.05 bits per heavy atom. The second-order valence-electron chi connectivity index (χ2n) is 3.94. The highest BCUT2D eigenvalue weighted by Gasteiger charge is 2.13. The summed E-state index contributed by atoms with van der Waals surface area (Å²) in [4.78, 5) is 11.7. The molecule has 0 bridgehead atoms. The van der Waals surface area contributed by atoms with E-state index in [0.717, 1.165) is 0 Å². The molecule has 0 saturated carbocycles. The summed E-state index contributed by atoms with van der Waals surface area (Å²) < 4.78 is 0. The van der Waals surface area contributed by atoms with Gasteiger partial charge < -0.3 is 15.5 Å². The smallest absolute Gasteiger partial charge is 0.282 e. The molecule has 0 aliphatic heterocycles. The summed E-state index contributed by atoms with van der Waals surface area (Å²) in [6.07, 6.45) is -0.835. The Bertz CT molecular complexity index is 568. The van der Waals surface area contributed by atoms with E-state index in [1.807, 2.05) is 0 Å². The van der Waals surface area contributed by atoms with Gasteiger partial charge in [-0.25, -0.2) is 0 Å². The molecule has 6 nitrogen and oxygen atoms in total. The third-order valence-corrected chi connectivity index (χ3v) is 3.29. The number of nitrogens with zero attached hydrogens (tertiary/aromatic N) is 2. The standard InChI is InChI=1S/C12H13N3O3S/c1-7-14-15-12(19-7)11(18)13-6-10(17)8-2-4-9(16)5-3-8/h2-5,10,16-17H,6H2,1H3,(H,13,18). The zero-order valence-corrected chi connectivity index (χ0v) is 11.0. The van der Waals surface area contributed by atoms with Crippen LogP contribution in [0, 0.1) is 6.92 Å². The first-order chi connectivity index (χ1) is 9.06. The van der Waals surface area contributed by atoms with Crippen LogP contribution in [-0.4, -0.2) is 32.9 Å². The van der Waals surface area contributed by atoms with Crippen LogP contribution in [0.5, 0.6) is 5.75 Å². The van der Waals surface area contributed by atoms with Gasteiger partial charge in [0.25, 0.3) is 5.91 Å². The number of aliphatic hydroxyl groups excluding tert-OH is 1. The number of nitrogens with one attached hydrogen (secondary N) is 1. The van der Waals surface area contributed by atoms with Crippen LogP contribution in [0.2, 0.25) is 0 Å². The number of carbonyl (C=O) groups excluding carboxylic acids is 1. The minimum Gasteiger partial charge on any atom is -0.508 e. The molecule has 1 atom stereocenters. The Labute approximate surface area is 113 Å². The van der Waals surface area contributed by atoms with Crippen LogP contribution in [0.4, 0.5) is 0 Å². The van der Waals surface area contributed by atoms with Crippen LogP contribution in [0.25, 0.3) is 0 Å². The van der Waals surface area contributed by atoms with E-state index in [4.69, 9.17) is 5.11 Å². The molecule has 100 valence electrons. The molecular weight excluding hydrogens is 266 g/mol. The molecule has 1 amide bonds. The van der Waals surface area contributed by atoms with Crippen molar-refractivity contribution in [3.05, 3.63) is 39.8 Å². The molecule has 0 spiro atoms. The van der Waals surface area contributed by atoms with Gasteiger partial charge >= 0.3 is 0 Å². The van der Waals surface area contributed by atoms with Crippen LogP contribution in [-0.2, 0) is 0 Å². The number of phenols is 1. The van der Waals surface area contributed by atoms with E-state index < -0.39 is 6.10 Å². The topological polar surface area (TPSA) is 95.3 Å². The van der Waals surface area contributed by atoms with Crippen LogP contribution < -0.4 is 5.32 Å². The Morgan fingerprint density at radius 1 is 1.37 bits per heavy atom. The number of amides is 1. The molecule has 0 radical (unpaired) electrons. The molecule has 0 aliphatic rings. The lowest BCUT2D eigenvalue weighted by Gasteiger charge is -2.11. The summed E-state index contributed by atoms with van der Waals surface area (Å²) in [5.41, 5.74) is 0.617. The lowest BCUT2D eigenvalue weighted by molar-refractivity contribution is 0.0915. The number of benzene rings is 1. The Hall–Kier alpha value is -1.99. The molecule has 19 heavy (non-hydrogen) atoms. The van der Waals surface area contributed by atoms with Gasteiger partial charge in [-0.3, -0.25) is 4.79 Å². The Kier molecular flexibility index (Phi) is 4.08. The second kappa shape index (κ2) is 5.77. The van der Waals surface area contributed by atoms with E-state index in [0.29, 0.717) is 10.6 Å². The molecule has 0 fully saturated rings. The van der Waals surface area contributed by atoms with Crippen LogP contribution in [0.3, 0.4) is 0 Å². The van der Waals surface area contributed by atoms with Crippen molar-refractivity contribution in [2.45, 2.75) is 13.0 Å². The van der Waals surface area contributed by atoms with Crippen molar-refractivity contribution < 1.29 is 15.0 Å². The van der Waals surface area contributed by atoms with Gasteiger partial charge in [0.15, 0.2) is 0 Å². The van der Waals surface area contributed by atoms with Crippen molar-refractivity contribution in [1.82, 2.24) is 15.5 Å². The monoisotopic (exact) mass is 279 g/mol. The number of aromatic hydroxyl groups is 1. The number of aliphatic hydroxyl groups is 1. The molecule has 2 rings (SSSR count). The maximum absolute atomic E-state index is 11.7. The van der Waals surface area contributed by atoms with Crippen LogP contribution in [0.15, 0.2) is 24.3 Å². The zero-order valence-electron chi connectivity index (χ0n) is 10.2. The van der Waals surface area contributed by atoms with E-state index in [1.165, 1.54) is 23.5 Å². The van der Waals surface area contributed by atoms with E-state index in [9.17, 15) is 9.90 Å². The maximum Gasteiger partial charge on any atom is 0.282 e. The molecule has 3 N–H and O–H groups in total. The molecule has 7 heteroatoms. The molecule has 1 aromatic carbocycles. The van der Waals surface area contributed by atoms with Crippen LogP contribution >= 0.6 is 11.3 Å². The second-order valence-corrected chi connectivity index (χ2v) is 5.13. The molecule has 2 aromatic rings. The van der Waals surface area contributed by atoms with Gasteiger partial charge in [0.2, 0.25) is 5.01 Å². The fourth-order valence-corrected chi connectivity index (χ4v) is 2.08. The number of aromatic nitrogens is 2. The van der Waals surface area contributed by atoms with Gasteiger partial charge in [0.1, 0.15) is 10.8 Å². The molecule has 0 saturated heterocycles. The fourth-order valence-electron chi connectivity index (χ4n) is 1.47. The van der Waals surface area contributed by atoms with Gasteiger partial charge in [-0.05, 0) is 24.6 Å². The Balaban J connectivity index is 1.91. The van der Waals surface area contributed by atoms with Gasteiger partial charge in [0, 0.05) is 6.54 Å². The van der Waals surface area contributed by atoms with E-state index in [1.54, 1.807) is 19.1 Å². The summed E-state index contributed by atoms with van der Waals surface area (Å²) in [5, 5.41) is 30.1. The maximum atomic E-state index is 11.7. The molecule has 1 unspecified atom stereocenters. The largest absolute Gasteiger partial charge is 0.508 e. The SMILES string of the molecule is Cc1nnc(C(=O)NCC(O)c2ccc(O)cc2)s1. The Morgan fingerprint density at radius 3 is 2.63 bits per heavy atom. The number of rotatable bonds is 4. The first-order valence-corrected chi connectivity index (χ1v) is 6.43. The van der Waals surface area contributed by atoms with Gasteiger partial charge in [-0.1, -0.05) is 23.5 Å². The van der Waals surface area contributed by atoms with Gasteiger partial charge in [-0.2, -0.15) is 0 Å². The average Bonchev–Trinajstić information content (AvgIpc) is 2.83. The lowest BCUT2D eigenvalue weighted by atomic mass is 10.1. The predicted molar refractivity (Wildman–Crippen MR) is 70.0 cm³/mol. The summed E-state index contributed by atoms with van der Waals surface area (Å²) in [5.74, 6) is -0.229. The highest BCUT2D eigenvalue weighted by atomic mass is 32.1. The molecule has 0 aliphatic carbocycles. The van der Waals surface area contributed by atoms with E-state index >= 15 is 0 Å². The number of phenolic OH excluding ortho intramolecular Hbond substituents is 1. The van der Waals surface area contributed by atoms with Crippen molar-refractivity contribution in [2.75, 3.05) is 6.54 Å². The summed E-state index contributed by atoms with van der Waals surface area (Å²) in [6, 6.07) is 6.16. The minimum absolute atomic E-state index is 0.0717. The van der Waals surface area contributed by atoms with Crippen molar-refractivity contribution in [3.8, 4) is 5.75 Å². The number of hydrogen-bond acceptors (Lipinski definition) is 6. The summed E-state index contributed by atoms with van der Waals surface area (Å²) in [6.45, 7) is 1.84. The van der Waals surface area contributed by atoms with Crippen molar-refractivity contribution in [1.29, 1.82) is 0 Å². The van der Waals surface area contributed by atoms with Crippen molar-refractivity contribution in [3.63, 3.8) is 0 Å². The first-order valence-electron chi connectivity index (χ1n) is 5.61. The number of hydrogen-bond donors (Lipinski definition) is 3. The fraction of sp³-hybridized carbons (Fsp3) is 0.250. The van der Waals surface area contributed by atoms with E-state index in [-0.39, 0.29) is 23.2 Å². The normalized spacial score (nSPS) is 12.1. The average molecular weight is 279 g/mol. The molecule has 1 heterocycles. The number of aryl methyl sites for hydroxylation is 1. The third kappa shape index (κ3) is 3.49. The molecule has 1 aromatic heterocycles. The van der Waals surface area contributed by atoms with E-state index in [2.05, 4.69) is 15.5 Å². The quantitative estimate of drug-likeness (QED) is 0.776.